The molecule has 0 aliphatic rings. The van der Waals surface area contributed by atoms with Crippen LogP contribution < -0.4 is 5.73 Å². The highest BCUT2D eigenvalue weighted by atomic mass is 16.1. The van der Waals surface area contributed by atoms with Crippen molar-refractivity contribution in [2.24, 2.45) is 12.8 Å². The van der Waals surface area contributed by atoms with Crippen molar-refractivity contribution in [3.05, 3.63) is 11.6 Å². The fourth-order valence-corrected chi connectivity index (χ4v) is 0.741. The average molecular weight is 154 g/mol. The van der Waals surface area contributed by atoms with Gasteiger partial charge in [0, 0.05) is 7.05 Å². The Morgan fingerprint density at radius 2 is 2.27 bits per heavy atom. The Hall–Kier alpha value is -1.23. The third-order valence-electron chi connectivity index (χ3n) is 1.53. The first kappa shape index (κ1) is 7.87. The molecule has 0 spiro atoms. The second-order valence-electron chi connectivity index (χ2n) is 2.26. The van der Waals surface area contributed by atoms with Gasteiger partial charge in [-0.2, -0.15) is 0 Å². The largest absolute Gasteiger partial charge is 0.324 e. The van der Waals surface area contributed by atoms with Crippen molar-refractivity contribution >= 4 is 5.78 Å². The Labute approximate surface area is 64.2 Å². The number of ketones is 1. The summed E-state index contributed by atoms with van der Waals surface area (Å²) in [4.78, 5) is 11.0. The van der Waals surface area contributed by atoms with E-state index in [4.69, 9.17) is 5.73 Å². The molecule has 0 bridgehead atoms. The lowest BCUT2D eigenvalue weighted by atomic mass is 10.4. The summed E-state index contributed by atoms with van der Waals surface area (Å²) in [6, 6.07) is 0. The lowest BCUT2D eigenvalue weighted by Crippen LogP contribution is -2.18. The second kappa shape index (κ2) is 2.79. The minimum atomic E-state index is -0.187. The molecule has 0 amide bonds. The molecule has 1 aromatic heterocycles. The van der Waals surface area contributed by atoms with Crippen molar-refractivity contribution in [2.75, 3.05) is 6.54 Å². The number of carbonyl (C=O) groups excluding carboxylic acids is 1. The van der Waals surface area contributed by atoms with Crippen LogP contribution in [-0.2, 0) is 7.05 Å². The zero-order valence-corrected chi connectivity index (χ0v) is 6.53. The van der Waals surface area contributed by atoms with Crippen LogP contribution in [-0.4, -0.2) is 27.1 Å². The van der Waals surface area contributed by atoms with Crippen LogP contribution in [0.25, 0.3) is 0 Å². The molecule has 1 rings (SSSR count). The van der Waals surface area contributed by atoms with Gasteiger partial charge >= 0.3 is 0 Å². The smallest absolute Gasteiger partial charge is 0.213 e. The fraction of sp³-hybridized carbons (Fsp3) is 0.500. The molecule has 1 aromatic rings. The van der Waals surface area contributed by atoms with E-state index in [1.165, 1.54) is 0 Å². The average Bonchev–Trinajstić information content (AvgIpc) is 2.32. The number of aromatic nitrogens is 3. The summed E-state index contributed by atoms with van der Waals surface area (Å²) in [5, 5.41) is 7.39. The van der Waals surface area contributed by atoms with Gasteiger partial charge in [-0.1, -0.05) is 0 Å². The Morgan fingerprint density at radius 1 is 1.64 bits per heavy atom. The van der Waals surface area contributed by atoms with E-state index >= 15 is 0 Å². The molecular weight excluding hydrogens is 144 g/mol. The number of aryl methyl sites for hydroxylation is 1. The van der Waals surface area contributed by atoms with Crippen molar-refractivity contribution < 1.29 is 4.79 Å². The highest BCUT2D eigenvalue weighted by Crippen LogP contribution is 1.96. The van der Waals surface area contributed by atoms with E-state index in [1.54, 1.807) is 18.5 Å². The quantitative estimate of drug-likeness (QED) is 0.569. The number of hydrogen-bond donors (Lipinski definition) is 1. The van der Waals surface area contributed by atoms with Gasteiger partial charge in [-0.3, -0.25) is 4.79 Å². The zero-order valence-electron chi connectivity index (χ0n) is 6.53. The highest BCUT2D eigenvalue weighted by molar-refractivity contribution is 5.94. The van der Waals surface area contributed by atoms with Crippen LogP contribution in [0.15, 0.2) is 0 Å². The van der Waals surface area contributed by atoms with E-state index in [1.807, 2.05) is 0 Å². The predicted octanol–water partition coefficient (Wildman–Crippen LogP) is -0.735. The van der Waals surface area contributed by atoms with Crippen LogP contribution >= 0.6 is 0 Å². The standard InChI is InChI=1S/C6H10N4O/c1-4-8-9-6(10(4)2)5(11)3-7/h3,7H2,1-2H3. The van der Waals surface area contributed by atoms with Crippen molar-refractivity contribution in [3.8, 4) is 0 Å². The fourth-order valence-electron chi connectivity index (χ4n) is 0.741. The summed E-state index contributed by atoms with van der Waals surface area (Å²) >= 11 is 0. The number of nitrogens with two attached hydrogens (primary N) is 1. The van der Waals surface area contributed by atoms with E-state index < -0.39 is 0 Å². The van der Waals surface area contributed by atoms with E-state index in [-0.39, 0.29) is 12.3 Å². The van der Waals surface area contributed by atoms with Crippen molar-refractivity contribution in [1.82, 2.24) is 14.8 Å². The Balaban J connectivity index is 3.04. The summed E-state index contributed by atoms with van der Waals surface area (Å²) in [7, 11) is 1.73. The first-order valence-corrected chi connectivity index (χ1v) is 3.26. The van der Waals surface area contributed by atoms with Gasteiger partial charge in [-0.15, -0.1) is 10.2 Å². The first-order chi connectivity index (χ1) is 5.16. The molecule has 11 heavy (non-hydrogen) atoms. The van der Waals surface area contributed by atoms with E-state index in [2.05, 4.69) is 10.2 Å². The number of rotatable bonds is 2. The third-order valence-corrected chi connectivity index (χ3v) is 1.53. The van der Waals surface area contributed by atoms with Gasteiger partial charge in [0.05, 0.1) is 6.54 Å². The Bertz CT molecular complexity index is 278. The maximum atomic E-state index is 11.0. The van der Waals surface area contributed by atoms with Crippen molar-refractivity contribution in [1.29, 1.82) is 0 Å². The summed E-state index contributed by atoms with van der Waals surface area (Å²) in [6.45, 7) is 1.76. The molecule has 0 aromatic carbocycles. The topological polar surface area (TPSA) is 73.8 Å². The first-order valence-electron chi connectivity index (χ1n) is 3.26. The molecule has 2 N–H and O–H groups in total. The molecule has 0 saturated heterocycles. The molecule has 0 unspecified atom stereocenters. The Morgan fingerprint density at radius 3 is 2.64 bits per heavy atom. The normalized spacial score (nSPS) is 10.1. The van der Waals surface area contributed by atoms with Crippen LogP contribution in [0.3, 0.4) is 0 Å². The van der Waals surface area contributed by atoms with Gasteiger partial charge < -0.3 is 10.3 Å². The van der Waals surface area contributed by atoms with Crippen LogP contribution in [0.2, 0.25) is 0 Å². The monoisotopic (exact) mass is 154 g/mol. The van der Waals surface area contributed by atoms with Crippen molar-refractivity contribution in [3.63, 3.8) is 0 Å². The maximum absolute atomic E-state index is 11.0. The van der Waals surface area contributed by atoms with Crippen LogP contribution in [0.5, 0.6) is 0 Å². The lowest BCUT2D eigenvalue weighted by Gasteiger charge is -1.96. The van der Waals surface area contributed by atoms with E-state index in [9.17, 15) is 4.79 Å². The Kier molecular flexibility index (Phi) is 2.00. The molecule has 0 aliphatic carbocycles. The molecular formula is C6H10N4O. The zero-order chi connectivity index (χ0) is 8.43. The third kappa shape index (κ3) is 1.27. The van der Waals surface area contributed by atoms with E-state index in [0.717, 1.165) is 0 Å². The molecule has 0 radical (unpaired) electrons. The van der Waals surface area contributed by atoms with E-state index in [0.29, 0.717) is 11.6 Å². The molecule has 5 nitrogen and oxygen atoms in total. The summed E-state index contributed by atoms with van der Waals surface area (Å²) in [6.07, 6.45) is 0. The molecule has 60 valence electrons. The number of Topliss-reactive ketones (excluding diaryl/α,β-unsaturated/α-hetero) is 1. The highest BCUT2D eigenvalue weighted by Gasteiger charge is 2.11. The molecule has 0 fully saturated rings. The number of carbonyl (C=O) groups is 1. The predicted molar refractivity (Wildman–Crippen MR) is 39.1 cm³/mol. The summed E-state index contributed by atoms with van der Waals surface area (Å²) in [5.74, 6) is 0.847. The number of nitrogens with zero attached hydrogens (tertiary/aromatic N) is 3. The van der Waals surface area contributed by atoms with Gasteiger partial charge in [-0.05, 0) is 6.92 Å². The summed E-state index contributed by atoms with van der Waals surface area (Å²) in [5.41, 5.74) is 5.15. The molecule has 5 heteroatoms. The van der Waals surface area contributed by atoms with Gasteiger partial charge in [-0.25, -0.2) is 0 Å². The summed E-state index contributed by atoms with van der Waals surface area (Å²) < 4.78 is 1.62. The van der Waals surface area contributed by atoms with Gasteiger partial charge in [0.25, 0.3) is 0 Å². The van der Waals surface area contributed by atoms with Gasteiger partial charge in [0.15, 0.2) is 0 Å². The molecule has 1 heterocycles. The van der Waals surface area contributed by atoms with Crippen LogP contribution in [0, 0.1) is 6.92 Å². The molecule has 0 saturated carbocycles. The lowest BCUT2D eigenvalue weighted by molar-refractivity contribution is 0.0988. The maximum Gasteiger partial charge on any atom is 0.213 e. The van der Waals surface area contributed by atoms with Crippen molar-refractivity contribution in [2.45, 2.75) is 6.92 Å². The minimum Gasteiger partial charge on any atom is -0.324 e. The molecule has 0 atom stereocenters. The van der Waals surface area contributed by atoms with Crippen LogP contribution in [0.4, 0.5) is 0 Å². The van der Waals surface area contributed by atoms with Gasteiger partial charge in [0.2, 0.25) is 11.6 Å². The SMILES string of the molecule is Cc1nnc(C(=O)CN)n1C. The number of hydrogen-bond acceptors (Lipinski definition) is 4. The second-order valence-corrected chi connectivity index (χ2v) is 2.26. The minimum absolute atomic E-state index is 0.0219. The van der Waals surface area contributed by atoms with Crippen LogP contribution in [0.1, 0.15) is 16.4 Å². The van der Waals surface area contributed by atoms with Gasteiger partial charge in [0.1, 0.15) is 5.82 Å². The molecule has 0 aliphatic heterocycles.